The minimum Gasteiger partial charge on any atom is -0.478 e. The van der Waals surface area contributed by atoms with Crippen molar-refractivity contribution in [3.63, 3.8) is 0 Å². The molecule has 1 heterocycles. The van der Waals surface area contributed by atoms with Crippen LogP contribution in [0.3, 0.4) is 0 Å². The van der Waals surface area contributed by atoms with E-state index in [-0.39, 0.29) is 11.0 Å². The molecule has 0 bridgehead atoms. The van der Waals surface area contributed by atoms with Gasteiger partial charge in [-0.2, -0.15) is 13.2 Å². The van der Waals surface area contributed by atoms with Crippen LogP contribution >= 0.6 is 11.6 Å². The largest absolute Gasteiger partial charge is 0.478 e. The van der Waals surface area contributed by atoms with Crippen molar-refractivity contribution in [2.45, 2.75) is 32.9 Å². The highest BCUT2D eigenvalue weighted by atomic mass is 35.5. The molecule has 6 heteroatoms. The first-order valence-corrected chi connectivity index (χ1v) is 6.04. The van der Waals surface area contributed by atoms with E-state index in [1.54, 1.807) is 0 Å². The Kier molecular flexibility index (Phi) is 5.26. The summed E-state index contributed by atoms with van der Waals surface area (Å²) < 4.78 is 42.7. The van der Waals surface area contributed by atoms with Crippen LogP contribution in [0.2, 0.25) is 5.15 Å². The Morgan fingerprint density at radius 2 is 2.00 bits per heavy atom. The van der Waals surface area contributed by atoms with Crippen molar-refractivity contribution >= 4 is 11.6 Å². The van der Waals surface area contributed by atoms with Crippen molar-refractivity contribution in [3.05, 3.63) is 22.8 Å². The monoisotopic (exact) mass is 281 g/mol. The molecule has 2 nitrogen and oxygen atoms in total. The lowest BCUT2D eigenvalue weighted by molar-refractivity contribution is -0.137. The van der Waals surface area contributed by atoms with Crippen molar-refractivity contribution in [1.82, 2.24) is 4.98 Å². The third kappa shape index (κ3) is 5.12. The number of nitrogens with zero attached hydrogens (tertiary/aromatic N) is 1. The molecule has 1 aromatic heterocycles. The molecule has 18 heavy (non-hydrogen) atoms. The summed E-state index contributed by atoms with van der Waals surface area (Å²) in [7, 11) is 0. The van der Waals surface area contributed by atoms with Gasteiger partial charge in [0.15, 0.2) is 0 Å². The van der Waals surface area contributed by atoms with E-state index < -0.39 is 11.7 Å². The van der Waals surface area contributed by atoms with Gasteiger partial charge in [-0.1, -0.05) is 25.4 Å². The van der Waals surface area contributed by atoms with Crippen molar-refractivity contribution < 1.29 is 17.9 Å². The molecule has 0 amide bonds. The second-order valence-corrected chi connectivity index (χ2v) is 4.79. The maximum Gasteiger partial charge on any atom is 0.416 e. The molecule has 0 aliphatic rings. The molecule has 0 N–H and O–H groups in total. The van der Waals surface area contributed by atoms with Gasteiger partial charge < -0.3 is 4.74 Å². The van der Waals surface area contributed by atoms with E-state index >= 15 is 0 Å². The molecule has 102 valence electrons. The summed E-state index contributed by atoms with van der Waals surface area (Å²) in [5.41, 5.74) is -0.846. The van der Waals surface area contributed by atoms with Gasteiger partial charge in [-0.15, -0.1) is 0 Å². The molecule has 0 aromatic carbocycles. The second-order valence-electron chi connectivity index (χ2n) is 4.40. The topological polar surface area (TPSA) is 22.1 Å². The standard InChI is InChI=1S/C12H15ClF3NO/c1-8(2)4-3-5-18-11-7-9(12(14,15)16)6-10(13)17-11/h6-8H,3-5H2,1-2H3. The molecule has 0 saturated carbocycles. The van der Waals surface area contributed by atoms with E-state index in [0.29, 0.717) is 12.5 Å². The van der Waals surface area contributed by atoms with E-state index in [2.05, 4.69) is 18.8 Å². The van der Waals surface area contributed by atoms with Crippen LogP contribution in [0.4, 0.5) is 13.2 Å². The van der Waals surface area contributed by atoms with Crippen LogP contribution in [0.25, 0.3) is 0 Å². The summed E-state index contributed by atoms with van der Waals surface area (Å²) in [5, 5.41) is -0.219. The lowest BCUT2D eigenvalue weighted by atomic mass is 10.1. The molecule has 1 aromatic rings. The van der Waals surface area contributed by atoms with Crippen LogP contribution in [0.15, 0.2) is 12.1 Å². The maximum atomic E-state index is 12.5. The Bertz CT molecular complexity index is 393. The average Bonchev–Trinajstić information content (AvgIpc) is 2.22. The molecule has 0 aliphatic carbocycles. The van der Waals surface area contributed by atoms with Gasteiger partial charge in [0.2, 0.25) is 5.88 Å². The fourth-order valence-corrected chi connectivity index (χ4v) is 1.58. The molecule has 0 saturated heterocycles. The van der Waals surface area contributed by atoms with Crippen molar-refractivity contribution in [2.75, 3.05) is 6.61 Å². The van der Waals surface area contributed by atoms with Gasteiger partial charge in [0, 0.05) is 6.07 Å². The van der Waals surface area contributed by atoms with Gasteiger partial charge >= 0.3 is 6.18 Å². The van der Waals surface area contributed by atoms with Crippen LogP contribution in [0.1, 0.15) is 32.3 Å². The van der Waals surface area contributed by atoms with E-state index in [9.17, 15) is 13.2 Å². The minimum absolute atomic E-state index is 0.0846. The number of ether oxygens (including phenoxy) is 1. The molecule has 1 rings (SSSR count). The van der Waals surface area contributed by atoms with E-state index in [0.717, 1.165) is 25.0 Å². The minimum atomic E-state index is -4.44. The van der Waals surface area contributed by atoms with E-state index in [4.69, 9.17) is 16.3 Å². The highest BCUT2D eigenvalue weighted by Gasteiger charge is 2.31. The highest BCUT2D eigenvalue weighted by molar-refractivity contribution is 6.29. The van der Waals surface area contributed by atoms with E-state index in [1.165, 1.54) is 0 Å². The first kappa shape index (κ1) is 15.1. The van der Waals surface area contributed by atoms with Crippen LogP contribution in [0.5, 0.6) is 5.88 Å². The fraction of sp³-hybridized carbons (Fsp3) is 0.583. The molecular formula is C12H15ClF3NO. The first-order valence-electron chi connectivity index (χ1n) is 5.66. The Balaban J connectivity index is 2.63. The van der Waals surface area contributed by atoms with Crippen molar-refractivity contribution in [3.8, 4) is 5.88 Å². The van der Waals surface area contributed by atoms with Gasteiger partial charge in [-0.3, -0.25) is 0 Å². The number of pyridine rings is 1. The molecule has 0 spiro atoms. The summed E-state index contributed by atoms with van der Waals surface area (Å²) in [6, 6.07) is 1.64. The molecule has 0 atom stereocenters. The van der Waals surface area contributed by atoms with Gasteiger partial charge in [-0.05, 0) is 24.8 Å². The lowest BCUT2D eigenvalue weighted by Crippen LogP contribution is -2.07. The maximum absolute atomic E-state index is 12.5. The Labute approximate surface area is 109 Å². The number of halogens is 4. The Morgan fingerprint density at radius 1 is 1.33 bits per heavy atom. The molecule has 0 fully saturated rings. The van der Waals surface area contributed by atoms with Crippen LogP contribution in [-0.2, 0) is 6.18 Å². The number of rotatable bonds is 5. The summed E-state index contributed by atoms with van der Waals surface area (Å²) >= 11 is 5.53. The summed E-state index contributed by atoms with van der Waals surface area (Å²) in [6.07, 6.45) is -2.72. The third-order valence-corrected chi connectivity index (χ3v) is 2.47. The number of hydrogen-bond acceptors (Lipinski definition) is 2. The third-order valence-electron chi connectivity index (χ3n) is 2.27. The van der Waals surface area contributed by atoms with Crippen LogP contribution in [-0.4, -0.2) is 11.6 Å². The Morgan fingerprint density at radius 3 is 2.56 bits per heavy atom. The Hall–Kier alpha value is -0.970. The van der Waals surface area contributed by atoms with Crippen molar-refractivity contribution in [1.29, 1.82) is 0 Å². The quantitative estimate of drug-likeness (QED) is 0.583. The molecule has 0 radical (unpaired) electrons. The highest BCUT2D eigenvalue weighted by Crippen LogP contribution is 2.32. The SMILES string of the molecule is CC(C)CCCOc1cc(C(F)(F)F)cc(Cl)n1. The average molecular weight is 282 g/mol. The lowest BCUT2D eigenvalue weighted by Gasteiger charge is -2.10. The fourth-order valence-electron chi connectivity index (χ4n) is 1.38. The van der Waals surface area contributed by atoms with Gasteiger partial charge in [-0.25, -0.2) is 4.98 Å². The molecule has 0 aliphatic heterocycles. The predicted octanol–water partition coefficient (Wildman–Crippen LogP) is 4.57. The van der Waals surface area contributed by atoms with Crippen molar-refractivity contribution in [2.24, 2.45) is 5.92 Å². The molecule has 0 unspecified atom stereocenters. The second kappa shape index (κ2) is 6.27. The van der Waals surface area contributed by atoms with E-state index in [1.807, 2.05) is 0 Å². The smallest absolute Gasteiger partial charge is 0.416 e. The van der Waals surface area contributed by atoms with Gasteiger partial charge in [0.1, 0.15) is 5.15 Å². The summed E-state index contributed by atoms with van der Waals surface area (Å²) in [6.45, 7) is 4.47. The number of hydrogen-bond donors (Lipinski definition) is 0. The predicted molar refractivity (Wildman–Crippen MR) is 63.8 cm³/mol. The zero-order valence-corrected chi connectivity index (χ0v) is 11.0. The zero-order chi connectivity index (χ0) is 13.8. The normalized spacial score (nSPS) is 11.9. The summed E-state index contributed by atoms with van der Waals surface area (Å²) in [4.78, 5) is 3.71. The first-order chi connectivity index (χ1) is 8.29. The summed E-state index contributed by atoms with van der Waals surface area (Å²) in [5.74, 6) is 0.449. The number of aromatic nitrogens is 1. The van der Waals surface area contributed by atoms with Gasteiger partial charge in [0.25, 0.3) is 0 Å². The van der Waals surface area contributed by atoms with Crippen LogP contribution < -0.4 is 4.74 Å². The molecular weight excluding hydrogens is 267 g/mol. The number of alkyl halides is 3. The van der Waals surface area contributed by atoms with Gasteiger partial charge in [0.05, 0.1) is 12.2 Å². The van der Waals surface area contributed by atoms with Crippen LogP contribution in [0, 0.1) is 5.92 Å². The zero-order valence-electron chi connectivity index (χ0n) is 10.2.